The Morgan fingerprint density at radius 2 is 1.54 bits per heavy atom. The van der Waals surface area contributed by atoms with Gasteiger partial charge in [0.2, 0.25) is 0 Å². The molecular formula is C22H18N2O4. The van der Waals surface area contributed by atoms with Gasteiger partial charge in [-0.3, -0.25) is 9.59 Å². The molecular weight excluding hydrogens is 356 g/mol. The molecule has 0 saturated carbocycles. The van der Waals surface area contributed by atoms with Crippen molar-refractivity contribution in [2.45, 2.75) is 13.0 Å². The van der Waals surface area contributed by atoms with Crippen LogP contribution in [0.15, 0.2) is 83.0 Å². The normalized spacial score (nSPS) is 10.7. The van der Waals surface area contributed by atoms with Crippen molar-refractivity contribution in [3.05, 3.63) is 89.5 Å². The number of hydrogen-bond donors (Lipinski definition) is 1. The second kappa shape index (κ2) is 9.23. The Morgan fingerprint density at radius 3 is 2.18 bits per heavy atom. The second-order valence-corrected chi connectivity index (χ2v) is 6.05. The van der Waals surface area contributed by atoms with Gasteiger partial charge in [-0.05, 0) is 47.5 Å². The molecule has 6 heteroatoms. The zero-order valence-electron chi connectivity index (χ0n) is 15.0. The molecule has 28 heavy (non-hydrogen) atoms. The van der Waals surface area contributed by atoms with Crippen LogP contribution in [-0.4, -0.2) is 17.4 Å². The molecule has 0 aliphatic heterocycles. The van der Waals surface area contributed by atoms with Crippen LogP contribution in [0.1, 0.15) is 21.5 Å². The number of azo groups is 1. The van der Waals surface area contributed by atoms with Gasteiger partial charge in [-0.15, -0.1) is 0 Å². The molecule has 0 radical (unpaired) electrons. The predicted molar refractivity (Wildman–Crippen MR) is 104 cm³/mol. The molecule has 0 amide bonds. The van der Waals surface area contributed by atoms with Crippen LogP contribution >= 0.6 is 0 Å². The molecule has 0 saturated heterocycles. The van der Waals surface area contributed by atoms with Crippen LogP contribution in [0.3, 0.4) is 0 Å². The van der Waals surface area contributed by atoms with E-state index in [1.54, 1.807) is 30.3 Å². The van der Waals surface area contributed by atoms with Crippen LogP contribution in [0.5, 0.6) is 5.75 Å². The number of carbonyl (C=O) groups excluding carboxylic acids is 2. The second-order valence-electron chi connectivity index (χ2n) is 6.05. The van der Waals surface area contributed by atoms with Crippen molar-refractivity contribution in [1.29, 1.82) is 0 Å². The SMILES string of the molecule is O=Cc1ccc(COC(=O)Cc2ccc(N=Nc3ccccc3)cc2)cc1O. The van der Waals surface area contributed by atoms with Crippen LogP contribution in [0.4, 0.5) is 11.4 Å². The Kier molecular flexibility index (Phi) is 6.25. The van der Waals surface area contributed by atoms with Crippen molar-refractivity contribution in [3.63, 3.8) is 0 Å². The Labute approximate surface area is 162 Å². The summed E-state index contributed by atoms with van der Waals surface area (Å²) < 4.78 is 5.22. The number of benzene rings is 3. The maximum absolute atomic E-state index is 12.0. The number of phenolic OH excluding ortho intramolecular Hbond substituents is 1. The minimum atomic E-state index is -0.391. The first-order chi connectivity index (χ1) is 13.6. The fourth-order valence-electron chi connectivity index (χ4n) is 2.45. The molecule has 0 spiro atoms. The molecule has 3 rings (SSSR count). The quantitative estimate of drug-likeness (QED) is 0.362. The first kappa shape index (κ1) is 19.0. The van der Waals surface area contributed by atoms with E-state index in [2.05, 4.69) is 10.2 Å². The van der Waals surface area contributed by atoms with Gasteiger partial charge in [-0.1, -0.05) is 36.4 Å². The summed E-state index contributed by atoms with van der Waals surface area (Å²) in [6.45, 7) is 0.0227. The van der Waals surface area contributed by atoms with Crippen LogP contribution in [0.2, 0.25) is 0 Å². The van der Waals surface area contributed by atoms with E-state index in [9.17, 15) is 14.7 Å². The minimum Gasteiger partial charge on any atom is -0.507 e. The molecule has 0 atom stereocenters. The number of hydrogen-bond acceptors (Lipinski definition) is 6. The summed E-state index contributed by atoms with van der Waals surface area (Å²) in [5, 5.41) is 17.9. The van der Waals surface area contributed by atoms with Crippen molar-refractivity contribution in [1.82, 2.24) is 0 Å². The Morgan fingerprint density at radius 1 is 0.893 bits per heavy atom. The van der Waals surface area contributed by atoms with Crippen LogP contribution < -0.4 is 0 Å². The van der Waals surface area contributed by atoms with Crippen LogP contribution in [0.25, 0.3) is 0 Å². The number of carbonyl (C=O) groups is 2. The van der Waals surface area contributed by atoms with E-state index in [4.69, 9.17) is 4.74 Å². The topological polar surface area (TPSA) is 88.3 Å². The Bertz CT molecular complexity index is 983. The van der Waals surface area contributed by atoms with Crippen LogP contribution in [0, 0.1) is 0 Å². The first-order valence-corrected chi connectivity index (χ1v) is 8.62. The van der Waals surface area contributed by atoms with Crippen LogP contribution in [-0.2, 0) is 22.6 Å². The van der Waals surface area contributed by atoms with Crippen molar-refractivity contribution in [3.8, 4) is 5.75 Å². The largest absolute Gasteiger partial charge is 0.507 e. The van der Waals surface area contributed by atoms with Crippen molar-refractivity contribution in [2.75, 3.05) is 0 Å². The molecule has 140 valence electrons. The van der Waals surface area contributed by atoms with E-state index in [1.807, 2.05) is 30.3 Å². The summed E-state index contributed by atoms with van der Waals surface area (Å²) in [5.74, 6) is -0.526. The van der Waals surface area contributed by atoms with Gasteiger partial charge in [0.25, 0.3) is 0 Å². The number of esters is 1. The van der Waals surface area contributed by atoms with Gasteiger partial charge >= 0.3 is 5.97 Å². The molecule has 0 fully saturated rings. The van der Waals surface area contributed by atoms with Gasteiger partial charge in [-0.25, -0.2) is 0 Å². The molecule has 6 nitrogen and oxygen atoms in total. The van der Waals surface area contributed by atoms with Gasteiger partial charge in [0, 0.05) is 0 Å². The molecule has 3 aromatic rings. The third-order valence-electron chi connectivity index (χ3n) is 3.94. The third kappa shape index (κ3) is 5.35. The number of nitrogens with zero attached hydrogens (tertiary/aromatic N) is 2. The maximum atomic E-state index is 12.0. The van der Waals surface area contributed by atoms with Crippen molar-refractivity contribution in [2.24, 2.45) is 10.2 Å². The lowest BCUT2D eigenvalue weighted by atomic mass is 10.1. The van der Waals surface area contributed by atoms with Crippen molar-refractivity contribution < 1.29 is 19.4 Å². The van der Waals surface area contributed by atoms with Gasteiger partial charge in [0.15, 0.2) is 6.29 Å². The lowest BCUT2D eigenvalue weighted by Gasteiger charge is -2.06. The molecule has 0 unspecified atom stereocenters. The summed E-state index contributed by atoms with van der Waals surface area (Å²) >= 11 is 0. The van der Waals surface area contributed by atoms with E-state index >= 15 is 0 Å². The summed E-state index contributed by atoms with van der Waals surface area (Å²) in [4.78, 5) is 22.7. The molecule has 0 heterocycles. The first-order valence-electron chi connectivity index (χ1n) is 8.62. The minimum absolute atomic E-state index is 0.0227. The number of ether oxygens (including phenoxy) is 1. The molecule has 0 aliphatic carbocycles. The highest BCUT2D eigenvalue weighted by Gasteiger charge is 2.07. The van der Waals surface area contributed by atoms with Gasteiger partial charge in [0.05, 0.1) is 23.4 Å². The van der Waals surface area contributed by atoms with E-state index in [1.165, 1.54) is 12.1 Å². The maximum Gasteiger partial charge on any atom is 0.310 e. The molecule has 0 aliphatic rings. The lowest BCUT2D eigenvalue weighted by molar-refractivity contribution is -0.144. The van der Waals surface area contributed by atoms with E-state index in [-0.39, 0.29) is 24.3 Å². The van der Waals surface area contributed by atoms with E-state index in [0.29, 0.717) is 17.5 Å². The molecule has 3 aromatic carbocycles. The highest BCUT2D eigenvalue weighted by molar-refractivity contribution is 5.79. The molecule has 0 bridgehead atoms. The summed E-state index contributed by atoms with van der Waals surface area (Å²) in [7, 11) is 0. The third-order valence-corrected chi connectivity index (χ3v) is 3.94. The van der Waals surface area contributed by atoms with Gasteiger partial charge in [0.1, 0.15) is 12.4 Å². The highest BCUT2D eigenvalue weighted by Crippen LogP contribution is 2.19. The standard InChI is InChI=1S/C22H18N2O4/c25-14-18-9-6-17(12-21(18)26)15-28-22(27)13-16-7-10-20(11-8-16)24-23-19-4-2-1-3-5-19/h1-12,14,26H,13,15H2. The number of aromatic hydroxyl groups is 1. The molecule has 0 aromatic heterocycles. The summed E-state index contributed by atoms with van der Waals surface area (Å²) in [6.07, 6.45) is 0.683. The fraction of sp³-hybridized carbons (Fsp3) is 0.0909. The van der Waals surface area contributed by atoms with Gasteiger partial charge in [-0.2, -0.15) is 10.2 Å². The van der Waals surface area contributed by atoms with Gasteiger partial charge < -0.3 is 9.84 Å². The molecule has 1 N–H and O–H groups in total. The predicted octanol–water partition coefficient (Wildman–Crippen LogP) is 4.91. The average molecular weight is 374 g/mol. The lowest BCUT2D eigenvalue weighted by Crippen LogP contribution is -2.08. The monoisotopic (exact) mass is 374 g/mol. The van der Waals surface area contributed by atoms with Crippen molar-refractivity contribution >= 4 is 23.6 Å². The Balaban J connectivity index is 1.52. The summed E-state index contributed by atoms with van der Waals surface area (Å²) in [5.41, 5.74) is 3.05. The average Bonchev–Trinajstić information content (AvgIpc) is 2.72. The Hall–Kier alpha value is -3.80. The highest BCUT2D eigenvalue weighted by atomic mass is 16.5. The van der Waals surface area contributed by atoms with E-state index in [0.717, 1.165) is 11.3 Å². The fourth-order valence-corrected chi connectivity index (χ4v) is 2.45. The zero-order chi connectivity index (χ0) is 19.8. The number of rotatable bonds is 7. The summed E-state index contributed by atoms with van der Waals surface area (Å²) in [6, 6.07) is 21.1. The zero-order valence-corrected chi connectivity index (χ0v) is 15.0. The number of phenols is 1. The smallest absolute Gasteiger partial charge is 0.310 e. The number of aldehydes is 1. The van der Waals surface area contributed by atoms with E-state index < -0.39 is 5.97 Å².